The number of nitrogens with zero attached hydrogens (tertiary/aromatic N) is 3. The second-order valence-electron chi connectivity index (χ2n) is 7.36. The van der Waals surface area contributed by atoms with Crippen LogP contribution in [0.5, 0.6) is 5.75 Å². The Labute approximate surface area is 153 Å². The highest BCUT2D eigenvalue weighted by molar-refractivity contribution is 5.95. The minimum absolute atomic E-state index is 0.0257. The van der Waals surface area contributed by atoms with Gasteiger partial charge in [-0.05, 0) is 38.3 Å². The number of aryl methyl sites for hydroxylation is 1. The molecule has 4 rings (SSSR count). The topological polar surface area (TPSA) is 67.6 Å². The summed E-state index contributed by atoms with van der Waals surface area (Å²) in [5.74, 6) is 1.12. The molecule has 2 aromatic rings. The highest BCUT2D eigenvalue weighted by Gasteiger charge is 2.41. The summed E-state index contributed by atoms with van der Waals surface area (Å²) in [7, 11) is 0. The third-order valence-corrected chi connectivity index (χ3v) is 5.18. The third-order valence-electron chi connectivity index (χ3n) is 5.18. The maximum Gasteiger partial charge on any atom is 0.257 e. The standard InChI is InChI=1S/C20H25N3O3/c1-2-23-12-17(18(21-23)15-8-9-15)19(24)22-11-10-20(25,13-22)14-26-16-6-4-3-5-7-16/h3-7,12,15,25H,2,8-11,13-14H2,1H3/t20-/m0/s1. The average Bonchev–Trinajstić information content (AvgIpc) is 3.30. The van der Waals surface area contributed by atoms with Gasteiger partial charge in [-0.2, -0.15) is 5.10 Å². The quantitative estimate of drug-likeness (QED) is 0.864. The van der Waals surface area contributed by atoms with Crippen molar-refractivity contribution in [3.8, 4) is 5.75 Å². The number of benzene rings is 1. The lowest BCUT2D eigenvalue weighted by Crippen LogP contribution is -2.40. The molecule has 26 heavy (non-hydrogen) atoms. The minimum Gasteiger partial charge on any atom is -0.491 e. The Morgan fingerprint density at radius 3 is 2.81 bits per heavy atom. The van der Waals surface area contributed by atoms with Gasteiger partial charge in [0.15, 0.2) is 0 Å². The Morgan fingerprint density at radius 2 is 2.12 bits per heavy atom. The molecule has 2 aliphatic rings. The number of para-hydroxylation sites is 1. The molecule has 1 atom stereocenters. The lowest BCUT2D eigenvalue weighted by Gasteiger charge is -2.23. The van der Waals surface area contributed by atoms with Crippen LogP contribution in [0.3, 0.4) is 0 Å². The maximum absolute atomic E-state index is 13.0. The molecule has 0 spiro atoms. The van der Waals surface area contributed by atoms with Crippen LogP contribution in [0.15, 0.2) is 36.5 Å². The fourth-order valence-electron chi connectivity index (χ4n) is 3.47. The predicted molar refractivity (Wildman–Crippen MR) is 97.3 cm³/mol. The summed E-state index contributed by atoms with van der Waals surface area (Å²) < 4.78 is 7.55. The van der Waals surface area contributed by atoms with Crippen molar-refractivity contribution in [2.75, 3.05) is 19.7 Å². The van der Waals surface area contributed by atoms with Crippen molar-refractivity contribution < 1.29 is 14.6 Å². The first kappa shape index (κ1) is 17.1. The molecule has 1 saturated carbocycles. The zero-order valence-electron chi connectivity index (χ0n) is 15.1. The number of aromatic nitrogens is 2. The molecule has 0 bridgehead atoms. The number of hydrogen-bond acceptors (Lipinski definition) is 4. The van der Waals surface area contributed by atoms with E-state index in [0.717, 1.165) is 30.8 Å². The van der Waals surface area contributed by atoms with Crippen molar-refractivity contribution in [3.05, 3.63) is 47.8 Å². The monoisotopic (exact) mass is 355 g/mol. The van der Waals surface area contributed by atoms with Crippen LogP contribution in [0.25, 0.3) is 0 Å². The van der Waals surface area contributed by atoms with Gasteiger partial charge >= 0.3 is 0 Å². The highest BCUT2D eigenvalue weighted by atomic mass is 16.5. The van der Waals surface area contributed by atoms with Gasteiger partial charge in [-0.3, -0.25) is 9.48 Å². The highest BCUT2D eigenvalue weighted by Crippen LogP contribution is 2.41. The second-order valence-corrected chi connectivity index (χ2v) is 7.36. The fourth-order valence-corrected chi connectivity index (χ4v) is 3.47. The zero-order chi connectivity index (χ0) is 18.1. The average molecular weight is 355 g/mol. The van der Waals surface area contributed by atoms with Crippen molar-refractivity contribution in [1.29, 1.82) is 0 Å². The predicted octanol–water partition coefficient (Wildman–Crippen LogP) is 2.44. The van der Waals surface area contributed by atoms with Crippen molar-refractivity contribution in [1.82, 2.24) is 14.7 Å². The number of carbonyl (C=O) groups excluding carboxylic acids is 1. The first-order valence-corrected chi connectivity index (χ1v) is 9.35. The first-order chi connectivity index (χ1) is 12.6. The third kappa shape index (κ3) is 3.46. The normalized spacial score (nSPS) is 22.6. The molecule has 6 heteroatoms. The van der Waals surface area contributed by atoms with E-state index in [1.54, 1.807) is 4.90 Å². The lowest BCUT2D eigenvalue weighted by atomic mass is 10.1. The fraction of sp³-hybridized carbons (Fsp3) is 0.500. The smallest absolute Gasteiger partial charge is 0.257 e. The van der Waals surface area contributed by atoms with Crippen LogP contribution in [0.4, 0.5) is 0 Å². The van der Waals surface area contributed by atoms with E-state index >= 15 is 0 Å². The number of ether oxygens (including phenoxy) is 1. The maximum atomic E-state index is 13.0. The van der Waals surface area contributed by atoms with Gasteiger partial charge in [-0.1, -0.05) is 18.2 Å². The number of hydrogen-bond donors (Lipinski definition) is 1. The van der Waals surface area contributed by atoms with E-state index in [4.69, 9.17) is 4.74 Å². The van der Waals surface area contributed by atoms with E-state index in [-0.39, 0.29) is 12.5 Å². The van der Waals surface area contributed by atoms with E-state index in [0.29, 0.717) is 31.0 Å². The summed E-state index contributed by atoms with van der Waals surface area (Å²) in [5.41, 5.74) is 0.613. The number of β-amino-alcohol motifs (C(OH)–C–C–N with tert-alkyl or cyclic N) is 1. The Bertz CT molecular complexity index is 785. The molecule has 1 saturated heterocycles. The van der Waals surface area contributed by atoms with E-state index in [9.17, 15) is 9.90 Å². The summed E-state index contributed by atoms with van der Waals surface area (Å²) in [6.07, 6.45) is 4.59. The Balaban J connectivity index is 1.43. The van der Waals surface area contributed by atoms with Crippen molar-refractivity contribution in [2.24, 2.45) is 0 Å². The lowest BCUT2D eigenvalue weighted by molar-refractivity contribution is 0.00429. The van der Waals surface area contributed by atoms with Gasteiger partial charge in [0.05, 0.1) is 17.8 Å². The number of likely N-dealkylation sites (tertiary alicyclic amines) is 1. The summed E-state index contributed by atoms with van der Waals surface area (Å²) >= 11 is 0. The molecule has 1 amide bonds. The number of aliphatic hydroxyl groups is 1. The Morgan fingerprint density at radius 1 is 1.35 bits per heavy atom. The number of carbonyl (C=O) groups is 1. The molecule has 1 aliphatic carbocycles. The van der Waals surface area contributed by atoms with Gasteiger partial charge in [-0.15, -0.1) is 0 Å². The summed E-state index contributed by atoms with van der Waals surface area (Å²) in [6, 6.07) is 9.44. The molecule has 2 fully saturated rings. The van der Waals surface area contributed by atoms with Gasteiger partial charge in [0.25, 0.3) is 5.91 Å². The van der Waals surface area contributed by atoms with E-state index in [1.807, 2.05) is 48.1 Å². The molecule has 1 aromatic carbocycles. The van der Waals surface area contributed by atoms with Gasteiger partial charge in [0, 0.05) is 25.2 Å². The van der Waals surface area contributed by atoms with Crippen LogP contribution in [-0.2, 0) is 6.54 Å². The van der Waals surface area contributed by atoms with Crippen LogP contribution >= 0.6 is 0 Å². The van der Waals surface area contributed by atoms with Crippen LogP contribution in [0.2, 0.25) is 0 Å². The van der Waals surface area contributed by atoms with Crippen LogP contribution in [0.1, 0.15) is 48.2 Å². The Kier molecular flexibility index (Phi) is 4.44. The van der Waals surface area contributed by atoms with E-state index in [2.05, 4.69) is 5.10 Å². The second kappa shape index (κ2) is 6.76. The summed E-state index contributed by atoms with van der Waals surface area (Å²) in [6.45, 7) is 3.79. The molecule has 138 valence electrons. The summed E-state index contributed by atoms with van der Waals surface area (Å²) in [4.78, 5) is 14.7. The largest absolute Gasteiger partial charge is 0.491 e. The Hall–Kier alpha value is -2.34. The molecule has 1 N–H and O–H groups in total. The molecule has 1 aromatic heterocycles. The molecular weight excluding hydrogens is 330 g/mol. The van der Waals surface area contributed by atoms with Gasteiger partial charge in [0.2, 0.25) is 0 Å². The van der Waals surface area contributed by atoms with Crippen molar-refractivity contribution in [2.45, 2.75) is 44.2 Å². The molecule has 2 heterocycles. The molecule has 0 unspecified atom stereocenters. The molecule has 6 nitrogen and oxygen atoms in total. The van der Waals surface area contributed by atoms with Crippen LogP contribution in [-0.4, -0.2) is 51.0 Å². The van der Waals surface area contributed by atoms with Gasteiger partial charge in [0.1, 0.15) is 18.0 Å². The molecule has 0 radical (unpaired) electrons. The van der Waals surface area contributed by atoms with E-state index in [1.165, 1.54) is 0 Å². The first-order valence-electron chi connectivity index (χ1n) is 9.35. The number of rotatable bonds is 6. The van der Waals surface area contributed by atoms with Crippen molar-refractivity contribution in [3.63, 3.8) is 0 Å². The van der Waals surface area contributed by atoms with E-state index < -0.39 is 5.60 Å². The SMILES string of the molecule is CCn1cc(C(=O)N2CC[C@@](O)(COc3ccccc3)C2)c(C2CC2)n1. The van der Waals surface area contributed by atoms with Crippen molar-refractivity contribution >= 4 is 5.91 Å². The minimum atomic E-state index is -1.01. The summed E-state index contributed by atoms with van der Waals surface area (Å²) in [5, 5.41) is 15.4. The zero-order valence-corrected chi connectivity index (χ0v) is 15.1. The van der Waals surface area contributed by atoms with Crippen LogP contribution in [0, 0.1) is 0 Å². The van der Waals surface area contributed by atoms with Gasteiger partial charge in [-0.25, -0.2) is 0 Å². The molecular formula is C20H25N3O3. The van der Waals surface area contributed by atoms with Crippen LogP contribution < -0.4 is 4.74 Å². The molecule has 1 aliphatic heterocycles. The van der Waals surface area contributed by atoms with Gasteiger partial charge < -0.3 is 14.7 Å². The number of amides is 1.